The van der Waals surface area contributed by atoms with Gasteiger partial charge < -0.3 is 9.47 Å². The molecule has 0 N–H and O–H groups in total. The molecule has 0 bridgehead atoms. The number of ether oxygens (including phenoxy) is 2. The van der Waals surface area contributed by atoms with Crippen LogP contribution in [0.4, 0.5) is 5.82 Å². The summed E-state index contributed by atoms with van der Waals surface area (Å²) in [6.45, 7) is 2.11. The lowest BCUT2D eigenvalue weighted by Gasteiger charge is -2.24. The number of methoxy groups -OCH3 is 2. The second-order valence-electron chi connectivity index (χ2n) is 7.97. The Labute approximate surface area is 195 Å². The molecule has 0 saturated heterocycles. The summed E-state index contributed by atoms with van der Waals surface area (Å²) >= 11 is 0. The Hall–Kier alpha value is -3.33. The number of hydrogen-bond acceptors (Lipinski definition) is 7. The highest BCUT2D eigenvalue weighted by Gasteiger charge is 2.19. The van der Waals surface area contributed by atoms with Crippen LogP contribution in [0.2, 0.25) is 0 Å². The van der Waals surface area contributed by atoms with Crippen LogP contribution in [-0.4, -0.2) is 73.3 Å². The monoisotopic (exact) mass is 452 g/mol. The largest absolute Gasteiger partial charge is 0.497 e. The first kappa shape index (κ1) is 24.3. The molecule has 176 valence electrons. The lowest BCUT2D eigenvalue weighted by atomic mass is 10.3. The van der Waals surface area contributed by atoms with Gasteiger partial charge in [-0.15, -0.1) is 0 Å². The van der Waals surface area contributed by atoms with E-state index in [1.165, 1.54) is 4.90 Å². The van der Waals surface area contributed by atoms with Crippen molar-refractivity contribution in [1.82, 2.24) is 14.9 Å². The first-order valence-electron chi connectivity index (χ1n) is 11.0. The minimum Gasteiger partial charge on any atom is -0.497 e. The van der Waals surface area contributed by atoms with Crippen molar-refractivity contribution in [2.45, 2.75) is 38.8 Å². The second-order valence-corrected chi connectivity index (χ2v) is 7.97. The zero-order chi connectivity index (χ0) is 23.8. The standard InChI is InChI=1S/C24H32N6O3/c1-17(29(2)16-23(31)30(3)22-11-10-20(33-5)15-26-22)27-24(28-18-8-6-7-9-18)21-14-19(32-4)12-13-25-21/h10-15,17H,6-9,16H2,1-5H3/b27-24-. The summed E-state index contributed by atoms with van der Waals surface area (Å²) in [5.41, 5.74) is 1.79. The van der Waals surface area contributed by atoms with Crippen LogP contribution in [0.5, 0.6) is 11.5 Å². The van der Waals surface area contributed by atoms with Gasteiger partial charge in [0.2, 0.25) is 5.91 Å². The molecule has 1 aliphatic rings. The molecule has 1 atom stereocenters. The van der Waals surface area contributed by atoms with Gasteiger partial charge >= 0.3 is 0 Å². The normalized spacial score (nSPS) is 14.8. The van der Waals surface area contributed by atoms with E-state index in [0.29, 0.717) is 28.8 Å². The van der Waals surface area contributed by atoms with Gasteiger partial charge in [-0.25, -0.2) is 15.0 Å². The summed E-state index contributed by atoms with van der Waals surface area (Å²) in [6, 6.07) is 7.15. The second kappa shape index (κ2) is 11.5. The quantitative estimate of drug-likeness (QED) is 0.451. The first-order valence-corrected chi connectivity index (χ1v) is 11.0. The number of carbonyl (C=O) groups is 1. The molecule has 0 spiro atoms. The summed E-state index contributed by atoms with van der Waals surface area (Å²) in [5.74, 6) is 2.36. The van der Waals surface area contributed by atoms with Gasteiger partial charge in [0, 0.05) is 25.0 Å². The number of carbonyl (C=O) groups excluding carboxylic acids is 1. The summed E-state index contributed by atoms with van der Waals surface area (Å²) in [5, 5.41) is 0. The average molecular weight is 453 g/mol. The number of anilines is 1. The van der Waals surface area contributed by atoms with Crippen molar-refractivity contribution in [3.63, 3.8) is 0 Å². The van der Waals surface area contributed by atoms with E-state index in [0.717, 1.165) is 31.4 Å². The molecule has 2 aromatic rings. The SMILES string of the molecule is COc1ccc(N(C)C(=O)CN(C)C(C)/N=C(\N=C2CCCC2)c2cc(OC)ccn2)nc1. The fourth-order valence-electron chi connectivity index (χ4n) is 3.40. The molecule has 9 heteroatoms. The number of amidine groups is 1. The Morgan fingerprint density at radius 2 is 1.82 bits per heavy atom. The molecule has 9 nitrogen and oxygen atoms in total. The van der Waals surface area contributed by atoms with Crippen molar-refractivity contribution in [3.8, 4) is 11.5 Å². The highest BCUT2D eigenvalue weighted by atomic mass is 16.5. The Morgan fingerprint density at radius 1 is 1.09 bits per heavy atom. The van der Waals surface area contributed by atoms with Crippen LogP contribution in [0.1, 0.15) is 38.3 Å². The minimum atomic E-state index is -0.292. The lowest BCUT2D eigenvalue weighted by molar-refractivity contribution is -0.119. The number of aromatic nitrogens is 2. The van der Waals surface area contributed by atoms with Gasteiger partial charge in [-0.1, -0.05) is 0 Å². The van der Waals surface area contributed by atoms with Gasteiger partial charge in [0.1, 0.15) is 29.2 Å². The van der Waals surface area contributed by atoms with Crippen molar-refractivity contribution in [1.29, 1.82) is 0 Å². The summed E-state index contributed by atoms with van der Waals surface area (Å²) in [4.78, 5) is 34.6. The molecule has 1 aliphatic carbocycles. The molecule has 2 heterocycles. The third-order valence-corrected chi connectivity index (χ3v) is 5.65. The molecule has 1 unspecified atom stereocenters. The first-order chi connectivity index (χ1) is 15.9. The maximum Gasteiger partial charge on any atom is 0.242 e. The van der Waals surface area contributed by atoms with Gasteiger partial charge in [0.05, 0.1) is 27.0 Å². The Morgan fingerprint density at radius 3 is 2.45 bits per heavy atom. The van der Waals surface area contributed by atoms with E-state index in [-0.39, 0.29) is 18.6 Å². The fourth-order valence-corrected chi connectivity index (χ4v) is 3.40. The van der Waals surface area contributed by atoms with E-state index in [1.54, 1.807) is 51.9 Å². The number of likely N-dealkylation sites (N-methyl/N-ethyl adjacent to an activating group) is 2. The van der Waals surface area contributed by atoms with Crippen LogP contribution in [-0.2, 0) is 4.79 Å². The van der Waals surface area contributed by atoms with Crippen molar-refractivity contribution in [2.75, 3.05) is 39.8 Å². The van der Waals surface area contributed by atoms with E-state index in [4.69, 9.17) is 19.5 Å². The number of hydrogen-bond donors (Lipinski definition) is 0. The van der Waals surface area contributed by atoms with Crippen LogP contribution in [0, 0.1) is 0 Å². The van der Waals surface area contributed by atoms with Gasteiger partial charge in [-0.2, -0.15) is 0 Å². The molecule has 0 radical (unpaired) electrons. The number of pyridine rings is 2. The molecular weight excluding hydrogens is 420 g/mol. The average Bonchev–Trinajstić information content (AvgIpc) is 3.36. The molecule has 0 aliphatic heterocycles. The van der Waals surface area contributed by atoms with Crippen molar-refractivity contribution in [2.24, 2.45) is 9.98 Å². The number of amides is 1. The van der Waals surface area contributed by atoms with E-state index in [2.05, 4.69) is 9.97 Å². The highest BCUT2D eigenvalue weighted by molar-refractivity contribution is 6.06. The number of nitrogens with zero attached hydrogens (tertiary/aromatic N) is 6. The minimum absolute atomic E-state index is 0.0969. The molecule has 1 saturated carbocycles. The molecule has 33 heavy (non-hydrogen) atoms. The summed E-state index contributed by atoms with van der Waals surface area (Å²) in [6.07, 6.45) is 7.23. The topological polar surface area (TPSA) is 92.5 Å². The van der Waals surface area contributed by atoms with Crippen molar-refractivity contribution < 1.29 is 14.3 Å². The Balaban J connectivity index is 1.75. The Bertz CT molecular complexity index is 998. The number of aliphatic imine (C=N–C) groups is 2. The van der Waals surface area contributed by atoms with Crippen LogP contribution in [0.3, 0.4) is 0 Å². The summed E-state index contributed by atoms with van der Waals surface area (Å²) in [7, 11) is 6.77. The van der Waals surface area contributed by atoms with Crippen LogP contribution >= 0.6 is 0 Å². The van der Waals surface area contributed by atoms with Gasteiger partial charge in [-0.05, 0) is 57.9 Å². The Kier molecular flexibility index (Phi) is 8.48. The van der Waals surface area contributed by atoms with E-state index < -0.39 is 0 Å². The molecule has 0 aromatic carbocycles. The smallest absolute Gasteiger partial charge is 0.242 e. The van der Waals surface area contributed by atoms with E-state index in [1.807, 2.05) is 24.9 Å². The maximum absolute atomic E-state index is 12.8. The van der Waals surface area contributed by atoms with Crippen LogP contribution in [0.15, 0.2) is 46.6 Å². The van der Waals surface area contributed by atoms with Crippen LogP contribution < -0.4 is 14.4 Å². The van der Waals surface area contributed by atoms with Crippen LogP contribution in [0.25, 0.3) is 0 Å². The number of rotatable bonds is 8. The molecule has 3 rings (SSSR count). The maximum atomic E-state index is 12.8. The van der Waals surface area contributed by atoms with Gasteiger partial charge in [0.25, 0.3) is 0 Å². The molecule has 1 amide bonds. The van der Waals surface area contributed by atoms with E-state index >= 15 is 0 Å². The summed E-state index contributed by atoms with van der Waals surface area (Å²) < 4.78 is 10.5. The third kappa shape index (κ3) is 6.58. The van der Waals surface area contributed by atoms with Gasteiger partial charge in [0.15, 0.2) is 5.84 Å². The fraction of sp³-hybridized carbons (Fsp3) is 0.458. The third-order valence-electron chi connectivity index (χ3n) is 5.65. The predicted octanol–water partition coefficient (Wildman–Crippen LogP) is 3.20. The van der Waals surface area contributed by atoms with Crippen molar-refractivity contribution >= 4 is 23.3 Å². The van der Waals surface area contributed by atoms with E-state index in [9.17, 15) is 4.79 Å². The molecule has 2 aromatic heterocycles. The van der Waals surface area contributed by atoms with Crippen molar-refractivity contribution in [3.05, 3.63) is 42.4 Å². The highest BCUT2D eigenvalue weighted by Crippen LogP contribution is 2.18. The molecule has 1 fully saturated rings. The predicted molar refractivity (Wildman–Crippen MR) is 130 cm³/mol. The van der Waals surface area contributed by atoms with Gasteiger partial charge in [-0.3, -0.25) is 19.6 Å². The lowest BCUT2D eigenvalue weighted by Crippen LogP contribution is -2.40. The zero-order valence-corrected chi connectivity index (χ0v) is 20.0. The molecular formula is C24H32N6O3. The zero-order valence-electron chi connectivity index (χ0n) is 20.0.